The molecule has 36 valence electrons. The SMILES string of the molecule is O=C(CO)OO. The summed E-state index contributed by atoms with van der Waals surface area (Å²) in [6.07, 6.45) is 0. The highest BCUT2D eigenvalue weighted by molar-refractivity contribution is 5.69. The highest BCUT2D eigenvalue weighted by Gasteiger charge is 1.92. The van der Waals surface area contributed by atoms with E-state index >= 15 is 0 Å². The van der Waals surface area contributed by atoms with Gasteiger partial charge in [0, 0.05) is 0 Å². The second kappa shape index (κ2) is 2.62. The van der Waals surface area contributed by atoms with E-state index < -0.39 is 12.6 Å². The van der Waals surface area contributed by atoms with Gasteiger partial charge in [0.05, 0.1) is 0 Å². The summed E-state index contributed by atoms with van der Waals surface area (Å²) in [4.78, 5) is 12.5. The minimum atomic E-state index is -1.05. The van der Waals surface area contributed by atoms with Crippen molar-refractivity contribution in [2.24, 2.45) is 0 Å². The van der Waals surface area contributed by atoms with Gasteiger partial charge in [0.15, 0.2) is 0 Å². The number of carbonyl (C=O) groups is 1. The maximum absolute atomic E-state index is 9.46. The van der Waals surface area contributed by atoms with Gasteiger partial charge >= 0.3 is 5.97 Å². The first-order valence-corrected chi connectivity index (χ1v) is 1.26. The Bertz CT molecular complexity index is 43.5. The molecule has 4 heteroatoms. The van der Waals surface area contributed by atoms with Crippen LogP contribution in [0.25, 0.3) is 0 Å². The minimum Gasteiger partial charge on any atom is -0.385 e. The molecule has 0 rings (SSSR count). The van der Waals surface area contributed by atoms with Crippen molar-refractivity contribution in [3.8, 4) is 0 Å². The molecule has 0 aromatic carbocycles. The van der Waals surface area contributed by atoms with Gasteiger partial charge < -0.3 is 5.11 Å². The molecule has 0 bridgehead atoms. The van der Waals surface area contributed by atoms with Crippen LogP contribution in [0, 0.1) is 0 Å². The van der Waals surface area contributed by atoms with E-state index in [4.69, 9.17) is 10.4 Å². The summed E-state index contributed by atoms with van der Waals surface area (Å²) in [5.41, 5.74) is 0. The average molecular weight is 92.0 g/mol. The van der Waals surface area contributed by atoms with Crippen LogP contribution in [0.2, 0.25) is 0 Å². The number of hydrogen-bond acceptors (Lipinski definition) is 4. The van der Waals surface area contributed by atoms with Crippen molar-refractivity contribution in [3.63, 3.8) is 0 Å². The Balaban J connectivity index is 2.99. The molecular formula is C2H4O4. The van der Waals surface area contributed by atoms with Crippen molar-refractivity contribution in [3.05, 3.63) is 0 Å². The van der Waals surface area contributed by atoms with Crippen LogP contribution >= 0.6 is 0 Å². The molecule has 0 atom stereocenters. The van der Waals surface area contributed by atoms with Crippen molar-refractivity contribution in [2.75, 3.05) is 6.61 Å². The molecule has 0 aromatic rings. The molecule has 4 nitrogen and oxygen atoms in total. The molecule has 6 heavy (non-hydrogen) atoms. The molecular weight excluding hydrogens is 88.0 g/mol. The summed E-state index contributed by atoms with van der Waals surface area (Å²) in [6, 6.07) is 0. The van der Waals surface area contributed by atoms with E-state index in [1.165, 1.54) is 0 Å². The second-order valence-corrected chi connectivity index (χ2v) is 0.621. The third-order valence-electron chi connectivity index (χ3n) is 0.231. The first kappa shape index (κ1) is 5.39. The maximum atomic E-state index is 9.46. The van der Waals surface area contributed by atoms with Crippen molar-refractivity contribution in [1.82, 2.24) is 0 Å². The van der Waals surface area contributed by atoms with Gasteiger partial charge in [-0.15, -0.1) is 0 Å². The molecule has 0 amide bonds. The first-order valence-electron chi connectivity index (χ1n) is 1.26. The number of aliphatic hydroxyl groups is 1. The van der Waals surface area contributed by atoms with Crippen molar-refractivity contribution >= 4 is 5.97 Å². The lowest BCUT2D eigenvalue weighted by molar-refractivity contribution is -0.236. The molecule has 0 spiro atoms. The zero-order valence-electron chi connectivity index (χ0n) is 2.92. The molecule has 0 saturated carbocycles. The first-order chi connectivity index (χ1) is 2.81. The van der Waals surface area contributed by atoms with Gasteiger partial charge in [0.25, 0.3) is 0 Å². The van der Waals surface area contributed by atoms with E-state index in [1.54, 1.807) is 0 Å². The predicted octanol–water partition coefficient (Wildman–Crippen LogP) is -1.01. The van der Waals surface area contributed by atoms with E-state index in [2.05, 4.69) is 4.89 Å². The quantitative estimate of drug-likeness (QED) is 0.321. The van der Waals surface area contributed by atoms with Crippen LogP contribution in [0.3, 0.4) is 0 Å². The van der Waals surface area contributed by atoms with Gasteiger partial charge in [-0.1, -0.05) is 0 Å². The fraction of sp³-hybridized carbons (Fsp3) is 0.500. The zero-order valence-corrected chi connectivity index (χ0v) is 2.92. The fourth-order valence-electron chi connectivity index (χ4n) is 0.0289. The van der Waals surface area contributed by atoms with Crippen LogP contribution in [-0.4, -0.2) is 22.9 Å². The summed E-state index contributed by atoms with van der Waals surface area (Å²) in [6.45, 7) is -0.781. The monoisotopic (exact) mass is 92.0 g/mol. The summed E-state index contributed by atoms with van der Waals surface area (Å²) in [5.74, 6) is -1.05. The third-order valence-corrected chi connectivity index (χ3v) is 0.231. The number of rotatable bonds is 1. The topological polar surface area (TPSA) is 66.8 Å². The Kier molecular flexibility index (Phi) is 2.35. The molecule has 0 aromatic heterocycles. The second-order valence-electron chi connectivity index (χ2n) is 0.621. The Morgan fingerprint density at radius 2 is 2.33 bits per heavy atom. The van der Waals surface area contributed by atoms with E-state index in [0.29, 0.717) is 0 Å². The predicted molar refractivity (Wildman–Crippen MR) is 15.8 cm³/mol. The third kappa shape index (κ3) is 1.68. The Morgan fingerprint density at radius 3 is 2.33 bits per heavy atom. The molecule has 0 heterocycles. The lowest BCUT2D eigenvalue weighted by atomic mass is 10.8. The number of aliphatic hydroxyl groups excluding tert-OH is 1. The van der Waals surface area contributed by atoms with Gasteiger partial charge in [-0.3, -0.25) is 4.89 Å². The van der Waals surface area contributed by atoms with Gasteiger partial charge in [0.2, 0.25) is 0 Å². The van der Waals surface area contributed by atoms with Gasteiger partial charge in [-0.2, -0.15) is 5.26 Å². The molecule has 2 N–H and O–H groups in total. The van der Waals surface area contributed by atoms with E-state index in [0.717, 1.165) is 0 Å². The van der Waals surface area contributed by atoms with Crippen LogP contribution in [0.1, 0.15) is 0 Å². The van der Waals surface area contributed by atoms with Gasteiger partial charge in [-0.05, 0) is 0 Å². The fourth-order valence-corrected chi connectivity index (χ4v) is 0.0289. The summed E-state index contributed by atoms with van der Waals surface area (Å²) < 4.78 is 0. The lowest BCUT2D eigenvalue weighted by Crippen LogP contribution is -2.04. The van der Waals surface area contributed by atoms with E-state index in [1.807, 2.05) is 0 Å². The normalized spacial score (nSPS) is 7.67. The smallest absolute Gasteiger partial charge is 0.367 e. The van der Waals surface area contributed by atoms with E-state index in [9.17, 15) is 4.79 Å². The Hall–Kier alpha value is -0.610. The summed E-state index contributed by atoms with van der Waals surface area (Å²) in [7, 11) is 0. The Labute approximate surface area is 33.9 Å². The van der Waals surface area contributed by atoms with Crippen LogP contribution in [-0.2, 0) is 9.68 Å². The van der Waals surface area contributed by atoms with Crippen LogP contribution in [0.5, 0.6) is 0 Å². The van der Waals surface area contributed by atoms with Crippen molar-refractivity contribution in [1.29, 1.82) is 0 Å². The Morgan fingerprint density at radius 1 is 1.83 bits per heavy atom. The summed E-state index contributed by atoms with van der Waals surface area (Å²) >= 11 is 0. The van der Waals surface area contributed by atoms with Gasteiger partial charge in [0.1, 0.15) is 6.61 Å². The zero-order chi connectivity index (χ0) is 4.99. The molecule has 0 fully saturated rings. The standard InChI is InChI=1S/C2H4O4/c3-1-2(4)6-5/h3,5H,1H2. The van der Waals surface area contributed by atoms with Crippen LogP contribution in [0.4, 0.5) is 0 Å². The van der Waals surface area contributed by atoms with E-state index in [-0.39, 0.29) is 0 Å². The number of carbonyl (C=O) groups excluding carboxylic acids is 1. The molecule has 0 saturated heterocycles. The lowest BCUT2D eigenvalue weighted by Gasteiger charge is -1.83. The largest absolute Gasteiger partial charge is 0.385 e. The van der Waals surface area contributed by atoms with Crippen molar-refractivity contribution < 1.29 is 20.0 Å². The van der Waals surface area contributed by atoms with Crippen molar-refractivity contribution in [2.45, 2.75) is 0 Å². The number of hydrogen-bond donors (Lipinski definition) is 2. The van der Waals surface area contributed by atoms with Crippen LogP contribution in [0.15, 0.2) is 0 Å². The maximum Gasteiger partial charge on any atom is 0.367 e. The molecule has 0 radical (unpaired) electrons. The molecule has 0 aliphatic rings. The average Bonchev–Trinajstić information content (AvgIpc) is 1.65. The molecule has 0 unspecified atom stereocenters. The van der Waals surface area contributed by atoms with Crippen LogP contribution < -0.4 is 0 Å². The minimum absolute atomic E-state index is 0.781. The highest BCUT2D eigenvalue weighted by atomic mass is 17.1. The molecule has 0 aliphatic carbocycles. The molecule has 0 aliphatic heterocycles. The highest BCUT2D eigenvalue weighted by Crippen LogP contribution is 1.63. The van der Waals surface area contributed by atoms with Gasteiger partial charge in [-0.25, -0.2) is 4.79 Å². The summed E-state index contributed by atoms with van der Waals surface area (Å²) in [5, 5.41) is 15.0.